The molecule has 2 aromatic heterocycles. The average Bonchev–Trinajstić information content (AvgIpc) is 3.33. The molecule has 0 unspecified atom stereocenters. The standard InChI is InChI=1S/C22H22NSSi.C15H28O2.Ir/c1-14-10-15(2)12-16(11-14)21-22-19(8-9-23-21)18-7-6-17(25(3,4)5)13-20(18)24-22;1-7-14(5,8-2)12(16)11-13(17)15(6,9-3)10-4;/h6-11,13H,1-5H3;11,16H,7-10H2,1-6H3;/q-1;;/b;12-11-;. The van der Waals surface area contributed by atoms with E-state index in [4.69, 9.17) is 4.98 Å². The van der Waals surface area contributed by atoms with Gasteiger partial charge in [-0.3, -0.25) is 4.79 Å². The van der Waals surface area contributed by atoms with Gasteiger partial charge in [-0.05, 0) is 48.6 Å². The topological polar surface area (TPSA) is 50.2 Å². The minimum atomic E-state index is -1.31. The van der Waals surface area contributed by atoms with Gasteiger partial charge in [0.2, 0.25) is 0 Å². The molecule has 2 aromatic carbocycles. The van der Waals surface area contributed by atoms with Crippen LogP contribution in [0, 0.1) is 30.7 Å². The van der Waals surface area contributed by atoms with Crippen molar-refractivity contribution in [1.29, 1.82) is 0 Å². The number of hydrogen-bond acceptors (Lipinski definition) is 4. The molecule has 0 fully saturated rings. The SMILES string of the molecule is CCC(C)(CC)C(=O)/C=C(\O)C(C)(CC)CC.Cc1[c-]c(-c2nccc3c2sc2cc([Si](C)(C)C)ccc23)cc(C)c1.[Ir]. The number of hydrogen-bond donors (Lipinski definition) is 1. The monoisotopic (exact) mass is 793 g/mol. The third-order valence-corrected chi connectivity index (χ3v) is 12.5. The maximum absolute atomic E-state index is 12.2. The molecule has 0 bridgehead atoms. The normalized spacial score (nSPS) is 12.6. The number of aryl methyl sites for hydroxylation is 2. The minimum absolute atomic E-state index is 0. The molecule has 2 heterocycles. The zero-order chi connectivity index (χ0) is 31.5. The molecule has 1 N–H and O–H groups in total. The number of aromatic nitrogens is 1. The largest absolute Gasteiger partial charge is 0.512 e. The summed E-state index contributed by atoms with van der Waals surface area (Å²) in [6.07, 6.45) is 6.69. The van der Waals surface area contributed by atoms with Crippen LogP contribution in [0.15, 0.2) is 54.4 Å². The Morgan fingerprint density at radius 3 is 2.07 bits per heavy atom. The van der Waals surface area contributed by atoms with Crippen molar-refractivity contribution < 1.29 is 30.0 Å². The van der Waals surface area contributed by atoms with E-state index in [1.54, 1.807) is 0 Å². The van der Waals surface area contributed by atoms with Crippen LogP contribution in [-0.2, 0) is 24.9 Å². The van der Waals surface area contributed by atoms with Gasteiger partial charge >= 0.3 is 0 Å². The van der Waals surface area contributed by atoms with Crippen molar-refractivity contribution in [2.75, 3.05) is 0 Å². The predicted molar refractivity (Wildman–Crippen MR) is 187 cm³/mol. The first-order chi connectivity index (χ1) is 19.6. The minimum Gasteiger partial charge on any atom is -0.512 e. The molecule has 0 aliphatic carbocycles. The molecular weight excluding hydrogens is 743 g/mol. The van der Waals surface area contributed by atoms with E-state index in [0.29, 0.717) is 0 Å². The molecule has 0 atom stereocenters. The van der Waals surface area contributed by atoms with Crippen molar-refractivity contribution in [1.82, 2.24) is 4.98 Å². The number of aliphatic hydroxyl groups excluding tert-OH is 1. The maximum Gasteiger partial charge on any atom is 0.164 e. The number of rotatable bonds is 9. The molecule has 0 amide bonds. The summed E-state index contributed by atoms with van der Waals surface area (Å²) in [5.74, 6) is 0.286. The molecule has 43 heavy (non-hydrogen) atoms. The number of carbonyl (C=O) groups is 1. The van der Waals surface area contributed by atoms with Gasteiger partial charge in [-0.2, -0.15) is 0 Å². The molecular formula is C37H50IrNO2SSi-. The molecule has 0 aliphatic heterocycles. The number of thiophene rings is 1. The smallest absolute Gasteiger partial charge is 0.164 e. The molecule has 1 radical (unpaired) electrons. The van der Waals surface area contributed by atoms with Crippen molar-refractivity contribution in [3.05, 3.63) is 71.6 Å². The first-order valence-corrected chi connectivity index (χ1v) is 19.7. The number of nitrogens with zero attached hydrogens (tertiary/aromatic N) is 1. The van der Waals surface area contributed by atoms with E-state index in [-0.39, 0.29) is 42.5 Å². The van der Waals surface area contributed by atoms with Gasteiger partial charge in [0, 0.05) is 58.3 Å². The van der Waals surface area contributed by atoms with Gasteiger partial charge in [0.25, 0.3) is 0 Å². The van der Waals surface area contributed by atoms with Crippen molar-refractivity contribution in [2.24, 2.45) is 10.8 Å². The summed E-state index contributed by atoms with van der Waals surface area (Å²) >= 11 is 1.86. The Bertz CT molecular complexity index is 1570. The van der Waals surface area contributed by atoms with Crippen LogP contribution < -0.4 is 5.19 Å². The van der Waals surface area contributed by atoms with Crippen LogP contribution in [0.4, 0.5) is 0 Å². The summed E-state index contributed by atoms with van der Waals surface area (Å²) in [5.41, 5.74) is 3.97. The predicted octanol–water partition coefficient (Wildman–Crippen LogP) is 10.7. The number of aliphatic hydroxyl groups is 1. The number of carbonyl (C=O) groups excluding carboxylic acids is 1. The fourth-order valence-corrected chi connectivity index (χ4v) is 7.57. The molecule has 235 valence electrons. The summed E-state index contributed by atoms with van der Waals surface area (Å²) in [7, 11) is -1.31. The summed E-state index contributed by atoms with van der Waals surface area (Å²) in [6, 6.07) is 17.0. The molecule has 0 aliphatic rings. The van der Waals surface area contributed by atoms with Crippen LogP contribution in [0.5, 0.6) is 0 Å². The molecule has 4 rings (SSSR count). The van der Waals surface area contributed by atoms with Gasteiger partial charge in [-0.15, -0.1) is 46.2 Å². The van der Waals surface area contributed by atoms with E-state index in [1.807, 2.05) is 59.1 Å². The fourth-order valence-electron chi connectivity index (χ4n) is 5.07. The number of allylic oxidation sites excluding steroid dienone is 2. The van der Waals surface area contributed by atoms with Gasteiger partial charge in [0.05, 0.1) is 8.07 Å². The summed E-state index contributed by atoms with van der Waals surface area (Å²) in [4.78, 5) is 16.9. The fraction of sp³-hybridized carbons (Fsp3) is 0.459. The molecule has 0 saturated heterocycles. The number of fused-ring (bicyclic) bond motifs is 3. The Morgan fingerprint density at radius 2 is 1.53 bits per heavy atom. The Balaban J connectivity index is 0.000000318. The second-order valence-electron chi connectivity index (χ2n) is 13.3. The molecule has 4 aromatic rings. The Kier molecular flexibility index (Phi) is 12.7. The Hall–Kier alpha value is -2.11. The number of pyridine rings is 1. The zero-order valence-corrected chi connectivity index (χ0v) is 32.2. The van der Waals surface area contributed by atoms with Gasteiger partial charge in [-0.1, -0.05) is 92.4 Å². The van der Waals surface area contributed by atoms with E-state index in [0.717, 1.165) is 42.5 Å². The number of benzene rings is 2. The van der Waals surface area contributed by atoms with Crippen LogP contribution in [0.25, 0.3) is 31.4 Å². The van der Waals surface area contributed by atoms with Crippen LogP contribution >= 0.6 is 11.3 Å². The second-order valence-corrected chi connectivity index (χ2v) is 19.4. The zero-order valence-electron chi connectivity index (χ0n) is 28.0. The Morgan fingerprint density at radius 1 is 0.930 bits per heavy atom. The summed E-state index contributed by atoms with van der Waals surface area (Å²) in [6.45, 7) is 23.5. The third-order valence-electron chi connectivity index (χ3n) is 9.26. The van der Waals surface area contributed by atoms with Gasteiger partial charge in [0.15, 0.2) is 5.78 Å². The molecule has 0 saturated carbocycles. The van der Waals surface area contributed by atoms with E-state index >= 15 is 0 Å². The molecule has 3 nitrogen and oxygen atoms in total. The van der Waals surface area contributed by atoms with E-state index < -0.39 is 8.07 Å². The molecule has 6 heteroatoms. The van der Waals surface area contributed by atoms with Gasteiger partial charge < -0.3 is 10.1 Å². The van der Waals surface area contributed by atoms with Crippen LogP contribution in [0.2, 0.25) is 19.6 Å². The van der Waals surface area contributed by atoms with Crippen molar-refractivity contribution in [2.45, 2.75) is 101 Å². The first-order valence-electron chi connectivity index (χ1n) is 15.4. The molecule has 0 spiro atoms. The van der Waals surface area contributed by atoms with E-state index in [1.165, 1.54) is 37.0 Å². The van der Waals surface area contributed by atoms with Crippen molar-refractivity contribution >= 4 is 50.6 Å². The summed E-state index contributed by atoms with van der Waals surface area (Å²) < 4.78 is 2.64. The average molecular weight is 793 g/mol. The van der Waals surface area contributed by atoms with E-state index in [2.05, 4.69) is 76.0 Å². The first kappa shape index (κ1) is 37.1. The quantitative estimate of drug-likeness (QED) is 0.0795. The second kappa shape index (κ2) is 14.8. The summed E-state index contributed by atoms with van der Waals surface area (Å²) in [5, 5.41) is 14.3. The van der Waals surface area contributed by atoms with Crippen LogP contribution in [0.1, 0.15) is 78.4 Å². The van der Waals surface area contributed by atoms with Crippen molar-refractivity contribution in [3.8, 4) is 11.3 Å². The van der Waals surface area contributed by atoms with Crippen LogP contribution in [0.3, 0.4) is 0 Å². The van der Waals surface area contributed by atoms with E-state index in [9.17, 15) is 9.90 Å². The van der Waals surface area contributed by atoms with Gasteiger partial charge in [0.1, 0.15) is 5.76 Å². The maximum atomic E-state index is 12.2. The Labute approximate surface area is 278 Å². The van der Waals surface area contributed by atoms with Crippen LogP contribution in [-0.4, -0.2) is 23.9 Å². The third kappa shape index (κ3) is 8.33. The van der Waals surface area contributed by atoms with Crippen molar-refractivity contribution in [3.63, 3.8) is 0 Å². The van der Waals surface area contributed by atoms with Gasteiger partial charge in [-0.25, -0.2) is 0 Å². The number of ketones is 1.